The Morgan fingerprint density at radius 3 is 1.05 bits per heavy atom. The minimum absolute atomic E-state index is 0. The van der Waals surface area contributed by atoms with E-state index in [0.29, 0.717) is 0 Å². The van der Waals surface area contributed by atoms with Crippen molar-refractivity contribution in [1.82, 2.24) is 0 Å². The average molecular weight is 431 g/mol. The van der Waals surface area contributed by atoms with Crippen molar-refractivity contribution >= 4 is 16.1 Å². The minimum atomic E-state index is -1.12. The molecule has 0 aromatic heterocycles. The summed E-state index contributed by atoms with van der Waals surface area (Å²) in [6.07, 6.45) is 3.63. The summed E-state index contributed by atoms with van der Waals surface area (Å²) in [5.41, 5.74) is 6.26. The van der Waals surface area contributed by atoms with Crippen LogP contribution in [0.3, 0.4) is 0 Å². The van der Waals surface area contributed by atoms with Gasteiger partial charge in [-0.2, -0.15) is 0 Å². The molecule has 0 amide bonds. The number of halogens is 2. The summed E-state index contributed by atoms with van der Waals surface area (Å²) in [6.45, 7) is 13.7. The molecule has 0 saturated heterocycles. The maximum atomic E-state index is 3.13. The maximum Gasteiger partial charge on any atom is 2.00 e. The van der Waals surface area contributed by atoms with Crippen molar-refractivity contribution in [2.24, 2.45) is 0 Å². The molecule has 2 aliphatic carbocycles. The first kappa shape index (κ1) is 26.0. The molecule has 5 heteroatoms. The first-order valence-corrected chi connectivity index (χ1v) is 13.2. The van der Waals surface area contributed by atoms with Crippen molar-refractivity contribution in [2.45, 2.75) is 39.3 Å². The Hall–Kier alpha value is 0.0569. The minimum Gasteiger partial charge on any atom is -1.00 e. The van der Waals surface area contributed by atoms with Gasteiger partial charge >= 0.3 is 26.2 Å². The van der Waals surface area contributed by atoms with Crippen LogP contribution in [0.2, 0.25) is 39.3 Å². The van der Waals surface area contributed by atoms with E-state index in [4.69, 9.17) is 0 Å². The summed E-state index contributed by atoms with van der Waals surface area (Å²) >= 11 is 0. The first-order chi connectivity index (χ1) is 8.21. The van der Waals surface area contributed by atoms with Gasteiger partial charge in [-0.1, -0.05) is 63.0 Å². The van der Waals surface area contributed by atoms with E-state index in [1.165, 1.54) is 10.4 Å². The zero-order valence-electron chi connectivity index (χ0n) is 13.4. The summed E-state index contributed by atoms with van der Waals surface area (Å²) in [5, 5.41) is 2.50. The van der Waals surface area contributed by atoms with Crippen molar-refractivity contribution in [2.75, 3.05) is 0 Å². The number of rotatable bonds is 2. The van der Waals surface area contributed by atoms with Gasteiger partial charge in [-0.05, 0) is 0 Å². The third-order valence-corrected chi connectivity index (χ3v) is 6.01. The normalized spacial score (nSPS) is 12.7. The Balaban J connectivity index is -0.000000270. The zero-order chi connectivity index (χ0) is 13.8. The molecule has 0 heterocycles. The van der Waals surface area contributed by atoms with Crippen LogP contribution in [0.15, 0.2) is 34.0 Å². The van der Waals surface area contributed by atoms with E-state index in [-0.39, 0.29) is 51.0 Å². The van der Waals surface area contributed by atoms with Gasteiger partial charge in [-0.25, -0.2) is 0 Å². The van der Waals surface area contributed by atoms with Crippen LogP contribution in [-0.2, 0) is 26.2 Å². The third kappa shape index (κ3) is 9.63. The van der Waals surface area contributed by atoms with Crippen molar-refractivity contribution in [1.29, 1.82) is 0 Å². The second-order valence-electron chi connectivity index (χ2n) is 6.37. The van der Waals surface area contributed by atoms with Crippen molar-refractivity contribution in [3.05, 3.63) is 34.0 Å². The van der Waals surface area contributed by atoms with Crippen LogP contribution in [0.5, 0.6) is 0 Å². The smallest absolute Gasteiger partial charge is 1.00 e. The van der Waals surface area contributed by atoms with Gasteiger partial charge < -0.3 is 24.8 Å². The van der Waals surface area contributed by atoms with Crippen LogP contribution in [0.4, 0.5) is 0 Å². The van der Waals surface area contributed by atoms with Crippen LogP contribution in [0.1, 0.15) is 0 Å². The van der Waals surface area contributed by atoms with Crippen molar-refractivity contribution in [3.63, 3.8) is 0 Å². The van der Waals surface area contributed by atoms with Gasteiger partial charge in [-0.3, -0.25) is 0 Å². The quantitative estimate of drug-likeness (QED) is 0.268. The van der Waals surface area contributed by atoms with Crippen molar-refractivity contribution in [3.8, 4) is 23.7 Å². The fourth-order valence-electron chi connectivity index (χ4n) is 1.31. The van der Waals surface area contributed by atoms with Crippen LogP contribution in [0.25, 0.3) is 0 Å². The molecule has 0 aromatic rings. The van der Waals surface area contributed by atoms with Gasteiger partial charge in [0.05, 0.1) is 16.1 Å². The van der Waals surface area contributed by atoms with E-state index < -0.39 is 16.1 Å². The number of allylic oxidation sites excluding steroid dienone is 2. The Labute approximate surface area is 163 Å². The first-order valence-electron chi connectivity index (χ1n) is 6.15. The molecule has 0 radical (unpaired) electrons. The predicted octanol–water partition coefficient (Wildman–Crippen LogP) is -2.07. The van der Waals surface area contributed by atoms with Crippen molar-refractivity contribution < 1.29 is 51.0 Å². The summed E-state index contributed by atoms with van der Waals surface area (Å²) < 4.78 is 0. The van der Waals surface area contributed by atoms with Gasteiger partial charge in [0.25, 0.3) is 0 Å². The van der Waals surface area contributed by atoms with E-state index in [9.17, 15) is 0 Å². The molecule has 21 heavy (non-hydrogen) atoms. The maximum absolute atomic E-state index is 3.13. The van der Waals surface area contributed by atoms with Gasteiger partial charge in [0.1, 0.15) is 0 Å². The molecular weight excluding hydrogens is 410 g/mol. The summed E-state index contributed by atoms with van der Waals surface area (Å²) in [5.74, 6) is 11.9. The zero-order valence-corrected chi connectivity index (χ0v) is 19.4. The molecule has 0 unspecified atom stereocenters. The van der Waals surface area contributed by atoms with Gasteiger partial charge in [0.15, 0.2) is 0 Å². The Morgan fingerprint density at radius 1 is 0.667 bits per heavy atom. The topological polar surface area (TPSA) is 0 Å². The molecule has 0 spiro atoms. The predicted molar refractivity (Wildman–Crippen MR) is 85.4 cm³/mol. The van der Waals surface area contributed by atoms with Gasteiger partial charge in [0.2, 0.25) is 0 Å². The molecule has 0 nitrogen and oxygen atoms in total. The molecule has 0 aliphatic heterocycles. The second-order valence-corrected chi connectivity index (χ2v) is 16.4. The molecule has 2 rings (SSSR count). The summed E-state index contributed by atoms with van der Waals surface area (Å²) in [4.78, 5) is 0. The van der Waals surface area contributed by atoms with E-state index in [1.54, 1.807) is 0 Å². The molecule has 2 aliphatic rings. The fraction of sp³-hybridized carbons (Fsp3) is 0.375. The van der Waals surface area contributed by atoms with Crippen LogP contribution in [0, 0.1) is 23.7 Å². The fourth-order valence-corrected chi connectivity index (χ4v) is 3.22. The SMILES string of the molecule is C[Si](C)(C)C1=C=CC#C1.C[Si](C)(C)C1=C=CC#C1.[Cl-].[Cl-].[Zr+2]. The number of hydrogen-bond acceptors (Lipinski definition) is 0. The molecule has 0 bridgehead atoms. The Kier molecular flexibility index (Phi) is 13.3. The number of hydrogen-bond donors (Lipinski definition) is 0. The Bertz CT molecular complexity index is 543. The molecule has 0 N–H and O–H groups in total. The molecule has 0 fully saturated rings. The molecule has 0 atom stereocenters. The average Bonchev–Trinajstić information content (AvgIpc) is 2.91. The summed E-state index contributed by atoms with van der Waals surface area (Å²) in [7, 11) is -2.25. The van der Waals surface area contributed by atoms with Crippen LogP contribution >= 0.6 is 0 Å². The van der Waals surface area contributed by atoms with Crippen LogP contribution in [-0.4, -0.2) is 16.1 Å². The Morgan fingerprint density at radius 2 is 0.952 bits per heavy atom. The van der Waals surface area contributed by atoms with Crippen LogP contribution < -0.4 is 24.8 Å². The van der Waals surface area contributed by atoms with E-state index in [0.717, 1.165) is 0 Å². The van der Waals surface area contributed by atoms with E-state index in [2.05, 4.69) is 74.4 Å². The molecule has 110 valence electrons. The standard InChI is InChI=1S/2C8H10Si.2ClH.Zr/c2*1-9(2,3)8-6-4-5-7-8;;;/h2*4H,1-3H3;2*1H;/q;;;;+2/p-2. The molecular formula is C16H20Cl2Si2Zr. The second kappa shape index (κ2) is 10.7. The molecule has 0 aromatic carbocycles. The van der Waals surface area contributed by atoms with E-state index >= 15 is 0 Å². The van der Waals surface area contributed by atoms with Gasteiger partial charge in [-0.15, -0.1) is 11.5 Å². The monoisotopic (exact) mass is 428 g/mol. The van der Waals surface area contributed by atoms with E-state index in [1.807, 2.05) is 12.2 Å². The summed E-state index contributed by atoms with van der Waals surface area (Å²) in [6, 6.07) is 0. The van der Waals surface area contributed by atoms with Gasteiger partial charge in [0, 0.05) is 22.5 Å². The molecule has 0 saturated carbocycles. The third-order valence-electron chi connectivity index (χ3n) is 2.47. The largest absolute Gasteiger partial charge is 2.00 e.